The second-order valence-corrected chi connectivity index (χ2v) is 5.98. The summed E-state index contributed by atoms with van der Waals surface area (Å²) in [6.07, 6.45) is 4.78. The van der Waals surface area contributed by atoms with Gasteiger partial charge in [0, 0.05) is 19.1 Å². The molecule has 25 heavy (non-hydrogen) atoms. The Morgan fingerprint density at radius 2 is 1.72 bits per heavy atom. The monoisotopic (exact) mass is 354 g/mol. The van der Waals surface area contributed by atoms with Crippen molar-refractivity contribution in [3.05, 3.63) is 11.9 Å². The number of carbonyl (C=O) groups excluding carboxylic acids is 1. The van der Waals surface area contributed by atoms with Crippen molar-refractivity contribution in [3.8, 4) is 0 Å². The number of nitrogens with one attached hydrogen (secondary N) is 1. The van der Waals surface area contributed by atoms with E-state index in [2.05, 4.69) is 26.9 Å². The third kappa shape index (κ3) is 12.2. The standard InChI is InChI=1S/C15H26N4O2.2C2H6/c1-6-13(17-11-16-5)19-9-7-12(8-10-19)18-14(20)21-15(2,3)4;2*1-2/h6,11-12H,5,7-10H2,1-4H3,(H,18,20);2*1-2H3/b13-6+,17-11-;;. The number of rotatable bonds is 4. The number of hydrogen-bond donors (Lipinski definition) is 1. The number of allylic oxidation sites excluding steroid dienone is 1. The van der Waals surface area contributed by atoms with Crippen molar-refractivity contribution in [1.82, 2.24) is 10.2 Å². The highest BCUT2D eigenvalue weighted by molar-refractivity contribution is 5.68. The minimum absolute atomic E-state index is 0.149. The van der Waals surface area contributed by atoms with Crippen molar-refractivity contribution in [3.63, 3.8) is 0 Å². The van der Waals surface area contributed by atoms with E-state index in [0.29, 0.717) is 0 Å². The zero-order valence-electron chi connectivity index (χ0n) is 17.4. The van der Waals surface area contributed by atoms with Gasteiger partial charge < -0.3 is 15.0 Å². The van der Waals surface area contributed by atoms with Gasteiger partial charge in [0.05, 0.1) is 0 Å². The van der Waals surface area contributed by atoms with E-state index in [1.54, 1.807) is 0 Å². The summed E-state index contributed by atoms with van der Waals surface area (Å²) in [4.78, 5) is 21.8. The molecule has 1 N–H and O–H groups in total. The zero-order chi connectivity index (χ0) is 19.9. The number of hydrogen-bond acceptors (Lipinski definition) is 4. The first kappa shape index (κ1) is 25.4. The Morgan fingerprint density at radius 3 is 2.12 bits per heavy atom. The molecule has 0 saturated carbocycles. The smallest absolute Gasteiger partial charge is 0.407 e. The molecule has 0 bridgehead atoms. The molecule has 146 valence electrons. The second kappa shape index (κ2) is 14.5. The van der Waals surface area contributed by atoms with Crippen LogP contribution in [0.2, 0.25) is 0 Å². The molecule has 1 rings (SSSR count). The molecule has 1 amide bonds. The fourth-order valence-corrected chi connectivity index (χ4v) is 2.17. The average molecular weight is 355 g/mol. The van der Waals surface area contributed by atoms with Crippen LogP contribution in [0.15, 0.2) is 21.9 Å². The summed E-state index contributed by atoms with van der Waals surface area (Å²) in [5.41, 5.74) is -0.463. The molecule has 6 nitrogen and oxygen atoms in total. The summed E-state index contributed by atoms with van der Waals surface area (Å²) in [7, 11) is 0. The second-order valence-electron chi connectivity index (χ2n) is 5.98. The fourth-order valence-electron chi connectivity index (χ4n) is 2.17. The lowest BCUT2D eigenvalue weighted by atomic mass is 10.1. The van der Waals surface area contributed by atoms with Gasteiger partial charge in [-0.3, -0.25) is 4.99 Å². The summed E-state index contributed by atoms with van der Waals surface area (Å²) < 4.78 is 5.27. The van der Waals surface area contributed by atoms with E-state index in [-0.39, 0.29) is 12.1 Å². The third-order valence-corrected chi connectivity index (χ3v) is 3.07. The van der Waals surface area contributed by atoms with Crippen LogP contribution in [0.4, 0.5) is 4.79 Å². The Kier molecular flexibility index (Phi) is 14.7. The molecular weight excluding hydrogens is 316 g/mol. The van der Waals surface area contributed by atoms with Crippen LogP contribution in [-0.4, -0.2) is 48.8 Å². The quantitative estimate of drug-likeness (QED) is 0.592. The molecule has 0 aromatic carbocycles. The van der Waals surface area contributed by atoms with E-state index in [4.69, 9.17) is 4.74 Å². The average Bonchev–Trinajstić information content (AvgIpc) is 2.59. The largest absolute Gasteiger partial charge is 0.444 e. The van der Waals surface area contributed by atoms with Crippen LogP contribution in [-0.2, 0) is 4.74 Å². The number of carbonyl (C=O) groups is 1. The van der Waals surface area contributed by atoms with Crippen LogP contribution >= 0.6 is 0 Å². The number of aliphatic imine (C=N–C) groups is 2. The minimum Gasteiger partial charge on any atom is -0.444 e. The Balaban J connectivity index is 0. The van der Waals surface area contributed by atoms with Gasteiger partial charge in [-0.25, -0.2) is 9.79 Å². The Hall–Kier alpha value is -1.85. The molecule has 6 heteroatoms. The molecule has 1 fully saturated rings. The van der Waals surface area contributed by atoms with Gasteiger partial charge in [-0.1, -0.05) is 27.7 Å². The highest BCUT2D eigenvalue weighted by Crippen LogP contribution is 2.17. The first-order valence-electron chi connectivity index (χ1n) is 9.25. The molecule has 0 aliphatic carbocycles. The lowest BCUT2D eigenvalue weighted by Crippen LogP contribution is -2.45. The molecule has 1 saturated heterocycles. The van der Waals surface area contributed by atoms with Crippen molar-refractivity contribution >= 4 is 19.1 Å². The number of amides is 1. The van der Waals surface area contributed by atoms with Crippen molar-refractivity contribution < 1.29 is 9.53 Å². The van der Waals surface area contributed by atoms with Crippen LogP contribution in [0.25, 0.3) is 0 Å². The van der Waals surface area contributed by atoms with Gasteiger partial charge in [0.15, 0.2) is 0 Å². The van der Waals surface area contributed by atoms with Crippen molar-refractivity contribution in [2.75, 3.05) is 13.1 Å². The van der Waals surface area contributed by atoms with E-state index in [1.807, 2.05) is 61.5 Å². The summed E-state index contributed by atoms with van der Waals surface area (Å²) in [6, 6.07) is 0.149. The van der Waals surface area contributed by atoms with Gasteiger partial charge in [-0.2, -0.15) is 0 Å². The predicted molar refractivity (Wildman–Crippen MR) is 108 cm³/mol. The number of ether oxygens (including phenoxy) is 1. The Morgan fingerprint density at radius 1 is 1.20 bits per heavy atom. The van der Waals surface area contributed by atoms with Gasteiger partial charge in [-0.05, 0) is 53.3 Å². The Bertz CT molecular complexity index is 418. The number of likely N-dealkylation sites (tertiary alicyclic amines) is 1. The lowest BCUT2D eigenvalue weighted by Gasteiger charge is -2.34. The normalized spacial score (nSPS) is 15.5. The van der Waals surface area contributed by atoms with Gasteiger partial charge in [0.25, 0.3) is 0 Å². The van der Waals surface area contributed by atoms with E-state index < -0.39 is 5.60 Å². The SMILES string of the molecule is C=N/C=N\C(=C/C)N1CCC(NC(=O)OC(C)(C)C)CC1.CC.CC. The number of piperidine rings is 1. The van der Waals surface area contributed by atoms with E-state index in [9.17, 15) is 4.79 Å². The van der Waals surface area contributed by atoms with Gasteiger partial charge in [0.2, 0.25) is 0 Å². The molecule has 0 spiro atoms. The predicted octanol–water partition coefficient (Wildman–Crippen LogP) is 4.62. The lowest BCUT2D eigenvalue weighted by molar-refractivity contribution is 0.0484. The summed E-state index contributed by atoms with van der Waals surface area (Å²) in [6.45, 7) is 20.6. The van der Waals surface area contributed by atoms with E-state index in [1.165, 1.54) is 6.34 Å². The van der Waals surface area contributed by atoms with Crippen LogP contribution in [0.5, 0.6) is 0 Å². The molecule has 0 unspecified atom stereocenters. The minimum atomic E-state index is -0.463. The van der Waals surface area contributed by atoms with E-state index >= 15 is 0 Å². The summed E-state index contributed by atoms with van der Waals surface area (Å²) >= 11 is 0. The first-order chi connectivity index (χ1) is 11.9. The van der Waals surface area contributed by atoms with Crippen molar-refractivity contribution in [2.24, 2.45) is 9.98 Å². The third-order valence-electron chi connectivity index (χ3n) is 3.07. The topological polar surface area (TPSA) is 66.3 Å². The first-order valence-corrected chi connectivity index (χ1v) is 9.25. The highest BCUT2D eigenvalue weighted by atomic mass is 16.6. The van der Waals surface area contributed by atoms with Crippen LogP contribution < -0.4 is 5.32 Å². The molecule has 0 atom stereocenters. The number of alkyl carbamates (subject to hydrolysis) is 1. The maximum absolute atomic E-state index is 11.7. The van der Waals surface area contributed by atoms with Crippen LogP contribution in [0.3, 0.4) is 0 Å². The number of nitrogens with zero attached hydrogens (tertiary/aromatic N) is 3. The fraction of sp³-hybridized carbons (Fsp3) is 0.737. The van der Waals surface area contributed by atoms with Crippen LogP contribution in [0.1, 0.15) is 68.2 Å². The molecule has 1 aliphatic heterocycles. The molecular formula is C19H38N4O2. The van der Waals surface area contributed by atoms with Crippen LogP contribution in [0, 0.1) is 0 Å². The highest BCUT2D eigenvalue weighted by Gasteiger charge is 2.24. The molecule has 0 aromatic heterocycles. The molecule has 1 heterocycles. The Labute approximate surface area is 154 Å². The maximum atomic E-state index is 11.7. The summed E-state index contributed by atoms with van der Waals surface area (Å²) in [5, 5.41) is 2.92. The summed E-state index contributed by atoms with van der Waals surface area (Å²) in [5.74, 6) is 0.887. The molecule has 1 aliphatic rings. The van der Waals surface area contributed by atoms with Gasteiger partial charge in [-0.15, -0.1) is 0 Å². The van der Waals surface area contributed by atoms with E-state index in [0.717, 1.165) is 31.8 Å². The zero-order valence-corrected chi connectivity index (χ0v) is 17.4. The molecule has 0 aromatic rings. The molecule has 0 radical (unpaired) electrons. The van der Waals surface area contributed by atoms with Crippen molar-refractivity contribution in [2.45, 2.75) is 79.9 Å². The van der Waals surface area contributed by atoms with Gasteiger partial charge in [0.1, 0.15) is 17.8 Å². The maximum Gasteiger partial charge on any atom is 0.407 e. The van der Waals surface area contributed by atoms with Gasteiger partial charge >= 0.3 is 6.09 Å². The van der Waals surface area contributed by atoms with Crippen molar-refractivity contribution in [1.29, 1.82) is 0 Å².